The third kappa shape index (κ3) is 4.02. The third-order valence-corrected chi connectivity index (χ3v) is 7.55. The Kier molecular flexibility index (Phi) is 5.61. The Hall–Kier alpha value is -3.17. The van der Waals surface area contributed by atoms with Crippen molar-refractivity contribution in [2.24, 2.45) is 4.99 Å². The standard InChI is InChI=1S/C26H29F2N7/c1-18(19-5-3-2-4-6-19)32-26(7-9-29-10-8-26)22-14-24-30-11-12-34(24)25(31-22)35-16-20-13-21(35)15-33(20)17-23(27)28/h2-7,9-12,14,18,20-21,23,32H,8,13,15-17H2,1H3. The van der Waals surface area contributed by atoms with Crippen molar-refractivity contribution in [3.05, 3.63) is 72.3 Å². The number of nitrogens with zero attached hydrogens (tertiary/aromatic N) is 6. The quantitative estimate of drug-likeness (QED) is 0.561. The Morgan fingerprint density at radius 3 is 2.74 bits per heavy atom. The minimum atomic E-state index is -2.30. The van der Waals surface area contributed by atoms with E-state index in [0.717, 1.165) is 23.7 Å². The van der Waals surface area contributed by atoms with E-state index in [-0.39, 0.29) is 24.7 Å². The molecule has 182 valence electrons. The van der Waals surface area contributed by atoms with Gasteiger partial charge in [-0.15, -0.1) is 0 Å². The van der Waals surface area contributed by atoms with E-state index in [1.165, 1.54) is 5.56 Å². The molecule has 0 radical (unpaired) electrons. The zero-order valence-corrected chi connectivity index (χ0v) is 19.6. The Balaban J connectivity index is 1.36. The van der Waals surface area contributed by atoms with Crippen LogP contribution < -0.4 is 10.2 Å². The van der Waals surface area contributed by atoms with Crippen molar-refractivity contribution in [3.8, 4) is 0 Å². The van der Waals surface area contributed by atoms with Gasteiger partial charge in [-0.1, -0.05) is 30.3 Å². The van der Waals surface area contributed by atoms with Crippen molar-refractivity contribution in [1.82, 2.24) is 24.6 Å². The lowest BCUT2D eigenvalue weighted by Crippen LogP contribution is -2.49. The van der Waals surface area contributed by atoms with Crippen LogP contribution in [0, 0.1) is 0 Å². The monoisotopic (exact) mass is 477 g/mol. The molecule has 0 saturated carbocycles. The highest BCUT2D eigenvalue weighted by molar-refractivity contribution is 5.64. The van der Waals surface area contributed by atoms with Crippen LogP contribution in [0.3, 0.4) is 0 Å². The van der Waals surface area contributed by atoms with E-state index < -0.39 is 12.0 Å². The molecule has 9 heteroatoms. The lowest BCUT2D eigenvalue weighted by Gasteiger charge is -2.37. The molecular weight excluding hydrogens is 448 g/mol. The van der Waals surface area contributed by atoms with Crippen LogP contribution in [0.5, 0.6) is 0 Å². The first-order chi connectivity index (χ1) is 17.0. The summed E-state index contributed by atoms with van der Waals surface area (Å²) < 4.78 is 28.1. The largest absolute Gasteiger partial charge is 0.336 e. The van der Waals surface area contributed by atoms with Gasteiger partial charge in [0.1, 0.15) is 5.65 Å². The maximum absolute atomic E-state index is 13.0. The summed E-state index contributed by atoms with van der Waals surface area (Å²) in [5.41, 5.74) is 2.35. The van der Waals surface area contributed by atoms with Gasteiger partial charge < -0.3 is 4.90 Å². The molecule has 3 aliphatic rings. The van der Waals surface area contributed by atoms with Gasteiger partial charge in [-0.05, 0) is 25.0 Å². The number of likely N-dealkylation sites (tertiary alicyclic amines) is 1. The number of anilines is 1. The predicted molar refractivity (Wildman–Crippen MR) is 132 cm³/mol. The lowest BCUT2D eigenvalue weighted by molar-refractivity contribution is 0.0789. The summed E-state index contributed by atoms with van der Waals surface area (Å²) in [4.78, 5) is 18.3. The zero-order chi connectivity index (χ0) is 24.0. The highest BCUT2D eigenvalue weighted by Gasteiger charge is 2.45. The van der Waals surface area contributed by atoms with Crippen LogP contribution in [0.1, 0.15) is 37.1 Å². The topological polar surface area (TPSA) is 61.1 Å². The number of nitrogens with one attached hydrogen (secondary N) is 1. The van der Waals surface area contributed by atoms with Crippen LogP contribution in [0.2, 0.25) is 0 Å². The number of aliphatic imine (C=N–C) groups is 1. The Morgan fingerprint density at radius 2 is 2.03 bits per heavy atom. The molecule has 0 spiro atoms. The molecular formula is C26H29F2N7. The van der Waals surface area contributed by atoms with Gasteiger partial charge in [0, 0.05) is 68.5 Å². The molecule has 3 aliphatic heterocycles. The van der Waals surface area contributed by atoms with Crippen LogP contribution in [-0.2, 0) is 5.54 Å². The predicted octanol–water partition coefficient (Wildman–Crippen LogP) is 3.79. The highest BCUT2D eigenvalue weighted by atomic mass is 19.3. The van der Waals surface area contributed by atoms with Gasteiger partial charge in [0.2, 0.25) is 5.95 Å². The summed E-state index contributed by atoms with van der Waals surface area (Å²) in [5, 5.41) is 3.81. The second-order valence-corrected chi connectivity index (χ2v) is 9.74. The number of benzene rings is 1. The van der Waals surface area contributed by atoms with E-state index in [1.807, 2.05) is 52.2 Å². The van der Waals surface area contributed by atoms with Crippen LogP contribution in [0.15, 0.2) is 66.1 Å². The van der Waals surface area contributed by atoms with Crippen LogP contribution in [-0.4, -0.2) is 63.6 Å². The number of aromatic nitrogens is 3. The fourth-order valence-electron chi connectivity index (χ4n) is 5.81. The van der Waals surface area contributed by atoms with Gasteiger partial charge in [-0.3, -0.25) is 19.6 Å². The number of rotatable bonds is 7. The van der Waals surface area contributed by atoms with Gasteiger partial charge in [0.25, 0.3) is 6.43 Å². The van der Waals surface area contributed by atoms with Gasteiger partial charge in [0.05, 0.1) is 17.8 Å². The normalized spacial score (nSPS) is 26.9. The van der Waals surface area contributed by atoms with Gasteiger partial charge in [0.15, 0.2) is 0 Å². The first-order valence-electron chi connectivity index (χ1n) is 12.2. The van der Waals surface area contributed by atoms with E-state index in [0.29, 0.717) is 19.5 Å². The molecule has 2 fully saturated rings. The van der Waals surface area contributed by atoms with Gasteiger partial charge in [-0.25, -0.2) is 18.7 Å². The molecule has 1 aromatic carbocycles. The number of alkyl halides is 2. The molecule has 6 rings (SSSR count). The molecule has 0 aliphatic carbocycles. The van der Waals surface area contributed by atoms with E-state index in [2.05, 4.69) is 45.3 Å². The summed E-state index contributed by atoms with van der Waals surface area (Å²) in [6.07, 6.45) is 8.78. The van der Waals surface area contributed by atoms with E-state index in [1.54, 1.807) is 6.20 Å². The molecule has 4 atom stereocenters. The molecule has 0 amide bonds. The molecule has 2 saturated heterocycles. The maximum atomic E-state index is 13.0. The second-order valence-electron chi connectivity index (χ2n) is 9.74. The molecule has 7 nitrogen and oxygen atoms in total. The minimum Gasteiger partial charge on any atom is -0.336 e. The fourth-order valence-corrected chi connectivity index (χ4v) is 5.81. The Bertz CT molecular complexity index is 1260. The highest BCUT2D eigenvalue weighted by Crippen LogP contribution is 2.37. The number of imidazole rings is 1. The SMILES string of the molecule is CC(NC1(c2cc3nccn3c(N3CC4CC3CN4CC(F)F)n2)C=CN=CC1)c1ccccc1. The maximum Gasteiger partial charge on any atom is 0.251 e. The average Bonchev–Trinajstić information content (AvgIpc) is 3.60. The number of hydrogen-bond donors (Lipinski definition) is 1. The van der Waals surface area contributed by atoms with E-state index in [4.69, 9.17) is 4.98 Å². The van der Waals surface area contributed by atoms with Crippen LogP contribution in [0.4, 0.5) is 14.7 Å². The first-order valence-corrected chi connectivity index (χ1v) is 12.2. The minimum absolute atomic E-state index is 0.0827. The molecule has 1 N–H and O–H groups in total. The van der Waals surface area contributed by atoms with Crippen LogP contribution in [0.25, 0.3) is 5.65 Å². The second kappa shape index (κ2) is 8.80. The summed E-state index contributed by atoms with van der Waals surface area (Å²) in [6.45, 7) is 3.33. The number of halogens is 2. The van der Waals surface area contributed by atoms with E-state index in [9.17, 15) is 8.78 Å². The smallest absolute Gasteiger partial charge is 0.251 e. The van der Waals surface area contributed by atoms with Crippen molar-refractivity contribution in [3.63, 3.8) is 0 Å². The fraction of sp³-hybridized carbons (Fsp3) is 0.423. The van der Waals surface area contributed by atoms with Crippen molar-refractivity contribution < 1.29 is 8.78 Å². The summed E-state index contributed by atoms with van der Waals surface area (Å²) >= 11 is 0. The number of hydrogen-bond acceptors (Lipinski definition) is 6. The molecule has 2 bridgehead atoms. The number of fused-ring (bicyclic) bond motifs is 3. The molecule has 4 unspecified atom stereocenters. The summed E-state index contributed by atoms with van der Waals surface area (Å²) in [5.74, 6) is 0.823. The molecule has 35 heavy (non-hydrogen) atoms. The molecule has 2 aromatic heterocycles. The van der Waals surface area contributed by atoms with Crippen LogP contribution >= 0.6 is 0 Å². The zero-order valence-electron chi connectivity index (χ0n) is 19.6. The number of piperazine rings is 1. The Morgan fingerprint density at radius 1 is 1.17 bits per heavy atom. The first kappa shape index (κ1) is 22.3. The Labute approximate surface area is 203 Å². The summed E-state index contributed by atoms with van der Waals surface area (Å²) in [7, 11) is 0. The van der Waals surface area contributed by atoms with E-state index >= 15 is 0 Å². The van der Waals surface area contributed by atoms with Crippen molar-refractivity contribution >= 4 is 17.8 Å². The lowest BCUT2D eigenvalue weighted by atomic mass is 9.88. The van der Waals surface area contributed by atoms with Crippen molar-refractivity contribution in [2.45, 2.75) is 49.9 Å². The van der Waals surface area contributed by atoms with Gasteiger partial charge >= 0.3 is 0 Å². The van der Waals surface area contributed by atoms with Crippen molar-refractivity contribution in [2.75, 3.05) is 24.5 Å². The van der Waals surface area contributed by atoms with Crippen molar-refractivity contribution in [1.29, 1.82) is 0 Å². The average molecular weight is 478 g/mol. The molecule has 3 aromatic rings. The summed E-state index contributed by atoms with van der Waals surface area (Å²) in [6, 6.07) is 12.8. The molecule has 5 heterocycles. The van der Waals surface area contributed by atoms with Gasteiger partial charge in [-0.2, -0.15) is 0 Å². The third-order valence-electron chi connectivity index (χ3n) is 7.55.